The highest BCUT2D eigenvalue weighted by molar-refractivity contribution is 5.05. The summed E-state index contributed by atoms with van der Waals surface area (Å²) in [4.78, 5) is 11.1. The van der Waals surface area contributed by atoms with Gasteiger partial charge in [-0.05, 0) is 38.9 Å². The maximum absolute atomic E-state index is 8.87. The summed E-state index contributed by atoms with van der Waals surface area (Å²) in [6.45, 7) is 5.14. The van der Waals surface area contributed by atoms with E-state index < -0.39 is 0 Å². The SMILES string of the molecule is Cc1ccnc(C2CCN(CCO)CC2)n1. The van der Waals surface area contributed by atoms with Crippen LogP contribution in [0.3, 0.4) is 0 Å². The van der Waals surface area contributed by atoms with E-state index in [4.69, 9.17) is 5.11 Å². The Balaban J connectivity index is 1.94. The number of aliphatic hydroxyl groups excluding tert-OH is 1. The standard InChI is InChI=1S/C12H19N3O/c1-10-2-5-13-12(14-10)11-3-6-15(7-4-11)8-9-16/h2,5,11,16H,3-4,6-9H2,1H3. The first-order valence-electron chi connectivity index (χ1n) is 5.92. The number of aryl methyl sites for hydroxylation is 1. The van der Waals surface area contributed by atoms with Gasteiger partial charge in [-0.3, -0.25) is 0 Å². The van der Waals surface area contributed by atoms with Crippen LogP contribution in [0.5, 0.6) is 0 Å². The molecule has 0 saturated carbocycles. The van der Waals surface area contributed by atoms with Crippen LogP contribution >= 0.6 is 0 Å². The Labute approximate surface area is 96.3 Å². The van der Waals surface area contributed by atoms with Gasteiger partial charge in [0.25, 0.3) is 0 Å². The maximum Gasteiger partial charge on any atom is 0.131 e. The van der Waals surface area contributed by atoms with Crippen LogP contribution in [0.15, 0.2) is 12.3 Å². The second kappa shape index (κ2) is 5.37. The molecule has 1 aromatic heterocycles. The van der Waals surface area contributed by atoms with E-state index in [1.165, 1.54) is 0 Å². The molecule has 0 aromatic carbocycles. The molecule has 1 saturated heterocycles. The summed E-state index contributed by atoms with van der Waals surface area (Å²) >= 11 is 0. The first-order chi connectivity index (χ1) is 7.79. The van der Waals surface area contributed by atoms with E-state index in [9.17, 15) is 0 Å². The summed E-state index contributed by atoms with van der Waals surface area (Å²) in [6.07, 6.45) is 4.05. The zero-order chi connectivity index (χ0) is 11.4. The van der Waals surface area contributed by atoms with Gasteiger partial charge in [0.1, 0.15) is 5.82 Å². The Morgan fingerprint density at radius 3 is 2.81 bits per heavy atom. The number of nitrogens with zero attached hydrogens (tertiary/aromatic N) is 3. The normalized spacial score (nSPS) is 18.9. The average molecular weight is 221 g/mol. The third-order valence-electron chi connectivity index (χ3n) is 3.18. The lowest BCUT2D eigenvalue weighted by Gasteiger charge is -2.30. The molecule has 0 unspecified atom stereocenters. The van der Waals surface area contributed by atoms with Crippen molar-refractivity contribution in [3.63, 3.8) is 0 Å². The van der Waals surface area contributed by atoms with E-state index in [2.05, 4.69) is 14.9 Å². The quantitative estimate of drug-likeness (QED) is 0.826. The van der Waals surface area contributed by atoms with Gasteiger partial charge in [0.05, 0.1) is 6.61 Å². The van der Waals surface area contributed by atoms with Gasteiger partial charge in [-0.1, -0.05) is 0 Å². The van der Waals surface area contributed by atoms with Crippen LogP contribution in [-0.2, 0) is 0 Å². The van der Waals surface area contributed by atoms with Crippen LogP contribution in [0.1, 0.15) is 30.3 Å². The summed E-state index contributed by atoms with van der Waals surface area (Å²) in [5, 5.41) is 8.87. The summed E-state index contributed by atoms with van der Waals surface area (Å²) < 4.78 is 0. The topological polar surface area (TPSA) is 49.2 Å². The fraction of sp³-hybridized carbons (Fsp3) is 0.667. The number of aliphatic hydroxyl groups is 1. The maximum atomic E-state index is 8.87. The van der Waals surface area contributed by atoms with E-state index in [0.717, 1.165) is 44.0 Å². The van der Waals surface area contributed by atoms with Crippen molar-refractivity contribution >= 4 is 0 Å². The Hall–Kier alpha value is -1.00. The van der Waals surface area contributed by atoms with Gasteiger partial charge in [-0.25, -0.2) is 9.97 Å². The molecule has 1 N–H and O–H groups in total. The van der Waals surface area contributed by atoms with E-state index >= 15 is 0 Å². The van der Waals surface area contributed by atoms with Crippen molar-refractivity contribution in [2.24, 2.45) is 0 Å². The minimum atomic E-state index is 0.256. The summed E-state index contributed by atoms with van der Waals surface area (Å²) in [6, 6.07) is 1.93. The number of piperidine rings is 1. The van der Waals surface area contributed by atoms with Crippen LogP contribution in [0.2, 0.25) is 0 Å². The average Bonchev–Trinajstić information content (AvgIpc) is 2.30. The van der Waals surface area contributed by atoms with Crippen LogP contribution in [0.25, 0.3) is 0 Å². The summed E-state index contributed by atoms with van der Waals surface area (Å²) in [5.74, 6) is 1.48. The largest absolute Gasteiger partial charge is 0.395 e. The van der Waals surface area contributed by atoms with Crippen LogP contribution in [-0.4, -0.2) is 46.2 Å². The lowest BCUT2D eigenvalue weighted by molar-refractivity contribution is 0.162. The Bertz CT molecular complexity index is 335. The highest BCUT2D eigenvalue weighted by Gasteiger charge is 2.21. The predicted molar refractivity (Wildman–Crippen MR) is 62.3 cm³/mol. The highest BCUT2D eigenvalue weighted by Crippen LogP contribution is 2.24. The van der Waals surface area contributed by atoms with E-state index in [0.29, 0.717) is 5.92 Å². The smallest absolute Gasteiger partial charge is 0.131 e. The Kier molecular flexibility index (Phi) is 3.85. The van der Waals surface area contributed by atoms with E-state index in [-0.39, 0.29) is 6.61 Å². The van der Waals surface area contributed by atoms with Crippen molar-refractivity contribution < 1.29 is 5.11 Å². The second-order valence-corrected chi connectivity index (χ2v) is 4.40. The molecule has 1 aliphatic rings. The monoisotopic (exact) mass is 221 g/mol. The molecule has 1 aliphatic heterocycles. The molecular weight excluding hydrogens is 202 g/mol. The fourth-order valence-electron chi connectivity index (χ4n) is 2.22. The number of β-amino-alcohol motifs (C(OH)–C–C–N with tert-alkyl or cyclic N) is 1. The van der Waals surface area contributed by atoms with Crippen molar-refractivity contribution in [2.45, 2.75) is 25.7 Å². The third kappa shape index (κ3) is 2.77. The van der Waals surface area contributed by atoms with Crippen LogP contribution < -0.4 is 0 Å². The van der Waals surface area contributed by atoms with Gasteiger partial charge >= 0.3 is 0 Å². The van der Waals surface area contributed by atoms with Gasteiger partial charge in [0.15, 0.2) is 0 Å². The van der Waals surface area contributed by atoms with Gasteiger partial charge in [0.2, 0.25) is 0 Å². The molecule has 0 bridgehead atoms. The summed E-state index contributed by atoms with van der Waals surface area (Å²) in [7, 11) is 0. The molecular formula is C12H19N3O. The first kappa shape index (κ1) is 11.5. The molecule has 1 fully saturated rings. The van der Waals surface area contributed by atoms with Gasteiger partial charge in [-0.15, -0.1) is 0 Å². The van der Waals surface area contributed by atoms with Gasteiger partial charge in [0, 0.05) is 24.4 Å². The van der Waals surface area contributed by atoms with E-state index in [1.54, 1.807) is 0 Å². The van der Waals surface area contributed by atoms with Gasteiger partial charge < -0.3 is 10.0 Å². The molecule has 0 atom stereocenters. The first-order valence-corrected chi connectivity index (χ1v) is 5.92. The molecule has 2 heterocycles. The third-order valence-corrected chi connectivity index (χ3v) is 3.18. The lowest BCUT2D eigenvalue weighted by atomic mass is 9.96. The Morgan fingerprint density at radius 1 is 1.44 bits per heavy atom. The minimum absolute atomic E-state index is 0.256. The molecule has 4 heteroatoms. The summed E-state index contributed by atoms with van der Waals surface area (Å²) in [5.41, 5.74) is 1.04. The predicted octanol–water partition coefficient (Wildman–Crippen LogP) is 0.957. The molecule has 0 amide bonds. The zero-order valence-corrected chi connectivity index (χ0v) is 9.76. The van der Waals surface area contributed by atoms with Crippen molar-refractivity contribution in [3.8, 4) is 0 Å². The number of rotatable bonds is 3. The molecule has 0 spiro atoms. The number of likely N-dealkylation sites (tertiary alicyclic amines) is 1. The lowest BCUT2D eigenvalue weighted by Crippen LogP contribution is -2.35. The van der Waals surface area contributed by atoms with E-state index in [1.807, 2.05) is 19.2 Å². The molecule has 88 valence electrons. The fourth-order valence-corrected chi connectivity index (χ4v) is 2.22. The second-order valence-electron chi connectivity index (χ2n) is 4.40. The Morgan fingerprint density at radius 2 is 2.19 bits per heavy atom. The molecule has 0 radical (unpaired) electrons. The molecule has 1 aromatic rings. The molecule has 2 rings (SSSR count). The minimum Gasteiger partial charge on any atom is -0.395 e. The number of aromatic nitrogens is 2. The van der Waals surface area contributed by atoms with Crippen molar-refractivity contribution in [1.29, 1.82) is 0 Å². The van der Waals surface area contributed by atoms with Crippen molar-refractivity contribution in [3.05, 3.63) is 23.8 Å². The molecule has 0 aliphatic carbocycles. The van der Waals surface area contributed by atoms with Crippen molar-refractivity contribution in [2.75, 3.05) is 26.2 Å². The number of hydrogen-bond donors (Lipinski definition) is 1. The zero-order valence-electron chi connectivity index (χ0n) is 9.76. The molecule has 4 nitrogen and oxygen atoms in total. The van der Waals surface area contributed by atoms with Crippen LogP contribution in [0.4, 0.5) is 0 Å². The van der Waals surface area contributed by atoms with Gasteiger partial charge in [-0.2, -0.15) is 0 Å². The van der Waals surface area contributed by atoms with Crippen molar-refractivity contribution in [1.82, 2.24) is 14.9 Å². The molecule has 16 heavy (non-hydrogen) atoms. The highest BCUT2D eigenvalue weighted by atomic mass is 16.3. The number of hydrogen-bond acceptors (Lipinski definition) is 4. The van der Waals surface area contributed by atoms with Crippen LogP contribution in [0, 0.1) is 6.92 Å².